The molecule has 3 aromatic heterocycles. The van der Waals surface area contributed by atoms with E-state index >= 15 is 0 Å². The first-order valence-corrected chi connectivity index (χ1v) is 43.3. The zero-order valence-corrected chi connectivity index (χ0v) is 72.3. The molecule has 46 nitrogen and oxygen atoms in total. The molecule has 706 valence electrons. The second-order valence-corrected chi connectivity index (χ2v) is 32.4. The van der Waals surface area contributed by atoms with Gasteiger partial charge in [-0.15, -0.1) is 15.3 Å². The Balaban J connectivity index is 1.23. The lowest BCUT2D eigenvalue weighted by Crippen LogP contribution is -2.49. The van der Waals surface area contributed by atoms with Gasteiger partial charge in [0.1, 0.15) is 22.8 Å². The van der Waals surface area contributed by atoms with Crippen LogP contribution in [0.4, 0.5) is 0 Å². The largest absolute Gasteiger partial charge is 0.492 e. The standard InChI is InChI=1S/C80H131N21O25/c1-2-3-4-5-7-35-124-38-39-125-37-12-81-70(105)9-6-8-36-126-80-65(68-50-100(86-83-68)47-63(103)44-90-17-23-93(54-74(112)113)27-31-97(58-78(120)121)32-28-94(24-18-90)55-75(114)115)41-61(67-49-99(85-82-67)46-62(102)43-88-13-10-60(40-71(106)107)11-14-89(52-72(108)109)16-22-92(21-15-88)53-73(110)111)42-66(80)69-51-101(87-84-69)48-64(104)45-91-19-25-95(56-76(116)117)29-33-98(59-79(122)123)34-30-96(26-20-91)57-77(118)119/h41-42,49-51,60,62-64,102-104H,2-40,43-48,52-59H2,1H3,(H,81,105)(H,106,107)(H,108,109)(H,110,111)(H,112,113)(H,114,115)(H,116,117)(H,118,119)(H,120,121)(H,122,123). The van der Waals surface area contributed by atoms with E-state index in [1.807, 2.05) is 14.7 Å². The van der Waals surface area contributed by atoms with Crippen LogP contribution in [0.25, 0.3) is 33.8 Å². The van der Waals surface area contributed by atoms with E-state index in [2.05, 4.69) is 43.2 Å². The maximum atomic E-state index is 13.2. The fourth-order valence-electron chi connectivity index (χ4n) is 15.3. The number of aliphatic hydroxyl groups is 3. The molecule has 126 heavy (non-hydrogen) atoms. The molecule has 46 heteroatoms. The number of rotatable bonds is 51. The molecular weight excluding hydrogens is 1660 g/mol. The SMILES string of the molecule is CCCCCCCOCCOCCNC(=O)CCCCOc1c(-c2cn(CC(O)CN3CCN(CC(=O)O)CCN(CC(=O)O)CCN(CC(=O)O)CC3)nn2)cc(-c2cn(CC(O)CN3CCC(CC(=O)O)CCN(CC(=O)O)CCN(CC(=O)O)CC3)nn2)cc1-c1cn(CC(O)CN2CCN(CC(=O)O)CCN(CC(=O)O)CCN(CC(=O)O)CC2)nn1. The van der Waals surface area contributed by atoms with Crippen molar-refractivity contribution >= 4 is 59.6 Å². The molecule has 3 fully saturated rings. The van der Waals surface area contributed by atoms with Gasteiger partial charge in [0, 0.05) is 193 Å². The second-order valence-electron chi connectivity index (χ2n) is 32.4. The van der Waals surface area contributed by atoms with Crippen molar-refractivity contribution in [3.05, 3.63) is 30.7 Å². The average Bonchev–Trinajstić information content (AvgIpc) is 1.56. The molecule has 3 aliphatic heterocycles. The summed E-state index contributed by atoms with van der Waals surface area (Å²) in [7, 11) is 0. The quantitative estimate of drug-likeness (QED) is 0.0198. The second kappa shape index (κ2) is 56.6. The maximum Gasteiger partial charge on any atom is 0.317 e. The smallest absolute Gasteiger partial charge is 0.317 e. The molecule has 0 spiro atoms. The van der Waals surface area contributed by atoms with Crippen LogP contribution in [0.1, 0.15) is 77.6 Å². The minimum absolute atomic E-state index is 0.00988. The molecule has 6 heterocycles. The van der Waals surface area contributed by atoms with E-state index < -0.39 is 72.0 Å². The molecule has 1 amide bonds. The normalized spacial score (nSPS) is 18.5. The summed E-state index contributed by atoms with van der Waals surface area (Å²) < 4.78 is 22.5. The van der Waals surface area contributed by atoms with Crippen molar-refractivity contribution in [2.45, 2.75) is 115 Å². The van der Waals surface area contributed by atoms with E-state index in [1.165, 1.54) is 26.9 Å². The number of β-amino-alcohol motifs (C(OH)–C–C–N with tert-alkyl or cyclic N) is 3. The van der Waals surface area contributed by atoms with Crippen molar-refractivity contribution in [3.63, 3.8) is 0 Å². The summed E-state index contributed by atoms with van der Waals surface area (Å²) in [4.78, 5) is 140. The van der Waals surface area contributed by atoms with Gasteiger partial charge >= 0.3 is 53.7 Å². The molecule has 13 N–H and O–H groups in total. The Kier molecular flexibility index (Phi) is 46.6. The van der Waals surface area contributed by atoms with Gasteiger partial charge in [-0.2, -0.15) is 0 Å². The third kappa shape index (κ3) is 42.0. The number of hydrogen-bond donors (Lipinski definition) is 13. The van der Waals surface area contributed by atoms with Gasteiger partial charge in [0.15, 0.2) is 0 Å². The van der Waals surface area contributed by atoms with Gasteiger partial charge in [0.25, 0.3) is 0 Å². The number of aliphatic carboxylic acids is 9. The number of nitrogens with zero attached hydrogens (tertiary/aromatic N) is 20. The van der Waals surface area contributed by atoms with Crippen LogP contribution in [0.3, 0.4) is 0 Å². The zero-order valence-electron chi connectivity index (χ0n) is 72.3. The number of carbonyl (C=O) groups is 10. The molecule has 0 saturated carbocycles. The van der Waals surface area contributed by atoms with Gasteiger partial charge in [-0.1, -0.05) is 48.2 Å². The first kappa shape index (κ1) is 104. The summed E-state index contributed by atoms with van der Waals surface area (Å²) in [6.45, 7) is 5.49. The van der Waals surface area contributed by atoms with Gasteiger partial charge < -0.3 is 80.8 Å². The van der Waals surface area contributed by atoms with Crippen molar-refractivity contribution < 1.29 is 123 Å². The Bertz CT molecular complexity index is 3740. The lowest BCUT2D eigenvalue weighted by Gasteiger charge is -2.33. The fraction of sp³-hybridized carbons (Fsp3) is 0.725. The van der Waals surface area contributed by atoms with Crippen LogP contribution in [-0.2, 0) is 77.1 Å². The third-order valence-electron chi connectivity index (χ3n) is 21.9. The molecule has 0 bridgehead atoms. The van der Waals surface area contributed by atoms with Crippen LogP contribution in [0.2, 0.25) is 0 Å². The number of carboxylic acid groups (broad SMARTS) is 9. The topological polar surface area (TPSA) is 581 Å². The highest BCUT2D eigenvalue weighted by molar-refractivity contribution is 5.85. The van der Waals surface area contributed by atoms with Gasteiger partial charge in [0.05, 0.1) is 135 Å². The summed E-state index contributed by atoms with van der Waals surface area (Å²) in [5.74, 6) is -10.2. The van der Waals surface area contributed by atoms with Crippen LogP contribution in [0, 0.1) is 5.92 Å². The molecule has 0 aliphatic carbocycles. The van der Waals surface area contributed by atoms with E-state index in [-0.39, 0.29) is 296 Å². The van der Waals surface area contributed by atoms with Crippen molar-refractivity contribution in [1.29, 1.82) is 0 Å². The number of carbonyl (C=O) groups excluding carboxylic acids is 1. The molecule has 3 saturated heterocycles. The molecule has 1 aromatic carbocycles. The van der Waals surface area contributed by atoms with Gasteiger partial charge in [-0.3, -0.25) is 102 Å². The number of amides is 1. The molecule has 4 unspecified atom stereocenters. The maximum absolute atomic E-state index is 13.2. The Morgan fingerprint density at radius 3 is 1.01 bits per heavy atom. The first-order chi connectivity index (χ1) is 60.4. The van der Waals surface area contributed by atoms with E-state index in [4.69, 9.17) is 14.2 Å². The monoisotopic (exact) mass is 1790 g/mol. The predicted molar refractivity (Wildman–Crippen MR) is 451 cm³/mol. The summed E-state index contributed by atoms with van der Waals surface area (Å²) >= 11 is 0. The number of aromatic nitrogens is 9. The first-order valence-electron chi connectivity index (χ1n) is 43.3. The highest BCUT2D eigenvalue weighted by Crippen LogP contribution is 2.42. The molecule has 4 atom stereocenters. The molecule has 7 rings (SSSR count). The Morgan fingerprint density at radius 2 is 0.659 bits per heavy atom. The number of carboxylic acids is 9. The minimum atomic E-state index is -1.18. The van der Waals surface area contributed by atoms with Crippen LogP contribution in [0.5, 0.6) is 5.75 Å². The lowest BCUT2D eigenvalue weighted by atomic mass is 9.96. The molecule has 4 aromatic rings. The molecule has 3 aliphatic rings. The predicted octanol–water partition coefficient (Wildman–Crippen LogP) is -2.88. The van der Waals surface area contributed by atoms with Crippen LogP contribution in [-0.4, -0.2) is 494 Å². The number of nitrogens with one attached hydrogen (secondary N) is 1. The summed E-state index contributed by atoms with van der Waals surface area (Å²) in [5, 5.41) is 155. The highest BCUT2D eigenvalue weighted by Gasteiger charge is 2.30. The number of hydrogen-bond acceptors (Lipinski definition) is 33. The van der Waals surface area contributed by atoms with Crippen molar-refractivity contribution in [2.24, 2.45) is 5.92 Å². The number of unbranched alkanes of at least 4 members (excludes halogenated alkanes) is 5. The zero-order chi connectivity index (χ0) is 91.3. The summed E-state index contributed by atoms with van der Waals surface area (Å²) in [6, 6.07) is 3.43. The molecule has 0 radical (unpaired) electrons. The summed E-state index contributed by atoms with van der Waals surface area (Å²) in [6.07, 6.45) is 8.22. The number of aliphatic hydroxyl groups excluding tert-OH is 3. The van der Waals surface area contributed by atoms with Gasteiger partial charge in [-0.25, -0.2) is 14.0 Å². The number of benzene rings is 1. The van der Waals surface area contributed by atoms with E-state index in [9.17, 15) is 109 Å². The van der Waals surface area contributed by atoms with Crippen molar-refractivity contribution in [1.82, 2.24) is 104 Å². The Labute approximate surface area is 731 Å². The third-order valence-corrected chi connectivity index (χ3v) is 21.9. The Hall–Kier alpha value is -9.50. The summed E-state index contributed by atoms with van der Waals surface area (Å²) in [5.41, 5.74) is 1.62. The van der Waals surface area contributed by atoms with Gasteiger partial charge in [0.2, 0.25) is 5.91 Å². The van der Waals surface area contributed by atoms with E-state index in [0.29, 0.717) is 68.7 Å². The Morgan fingerprint density at radius 1 is 0.357 bits per heavy atom. The van der Waals surface area contributed by atoms with E-state index in [0.717, 1.165) is 19.3 Å². The van der Waals surface area contributed by atoms with Gasteiger partial charge in [-0.05, 0) is 63.2 Å². The fourth-order valence-corrected chi connectivity index (χ4v) is 15.3. The van der Waals surface area contributed by atoms with Crippen LogP contribution >= 0.6 is 0 Å². The average molecular weight is 1790 g/mol. The lowest BCUT2D eigenvalue weighted by molar-refractivity contribution is -0.140. The minimum Gasteiger partial charge on any atom is -0.492 e. The number of ether oxygens (including phenoxy) is 3. The van der Waals surface area contributed by atoms with Crippen molar-refractivity contribution in [2.75, 3.05) is 256 Å². The van der Waals surface area contributed by atoms with Crippen LogP contribution < -0.4 is 10.1 Å². The van der Waals surface area contributed by atoms with Crippen molar-refractivity contribution in [3.8, 4) is 39.5 Å². The van der Waals surface area contributed by atoms with E-state index in [1.54, 1.807) is 69.9 Å². The van der Waals surface area contributed by atoms with Crippen LogP contribution in [0.15, 0.2) is 30.7 Å². The molecular formula is C80H131N21O25. The highest BCUT2D eigenvalue weighted by atomic mass is 16.5.